The summed E-state index contributed by atoms with van der Waals surface area (Å²) in [6, 6.07) is 9.05. The van der Waals surface area contributed by atoms with Crippen LogP contribution in [0.2, 0.25) is 0 Å². The van der Waals surface area contributed by atoms with Gasteiger partial charge in [0.1, 0.15) is 12.2 Å². The van der Waals surface area contributed by atoms with Crippen LogP contribution in [0.5, 0.6) is 0 Å². The molecule has 6 nitrogen and oxygen atoms in total. The van der Waals surface area contributed by atoms with Crippen LogP contribution in [0.1, 0.15) is 12.5 Å². The van der Waals surface area contributed by atoms with Gasteiger partial charge in [-0.1, -0.05) is 24.3 Å². The number of carbonyl (C=O) groups excluding carboxylic acids is 1. The molecule has 0 saturated carbocycles. The second-order valence-corrected chi connectivity index (χ2v) is 6.01. The number of amides is 1. The summed E-state index contributed by atoms with van der Waals surface area (Å²) in [7, 11) is 0. The lowest BCUT2D eigenvalue weighted by Gasteiger charge is -2.39. The van der Waals surface area contributed by atoms with Crippen molar-refractivity contribution in [1.29, 1.82) is 0 Å². The highest BCUT2D eigenvalue weighted by Crippen LogP contribution is 2.20. The number of hydrogen-bond donors (Lipinski definition) is 2. The molecule has 2 aromatic rings. The minimum atomic E-state index is -0.992. The molecule has 0 unspecified atom stereocenters. The van der Waals surface area contributed by atoms with Gasteiger partial charge in [-0.25, -0.2) is 0 Å². The molecule has 3 rings (SSSR count). The van der Waals surface area contributed by atoms with Gasteiger partial charge in [0.25, 0.3) is 0 Å². The Morgan fingerprint density at radius 3 is 2.88 bits per heavy atom. The number of hydrogen-bond acceptors (Lipinski definition) is 5. The molecule has 1 amide bonds. The van der Waals surface area contributed by atoms with Crippen LogP contribution in [0.25, 0.3) is 10.9 Å². The Kier molecular flexibility index (Phi) is 5.08. The van der Waals surface area contributed by atoms with E-state index in [1.165, 1.54) is 0 Å². The molecular formula is C18H22N2O4. The number of fused-ring (bicyclic) bond motifs is 1. The highest BCUT2D eigenvalue weighted by Gasteiger charge is 2.36. The summed E-state index contributed by atoms with van der Waals surface area (Å²) in [5.74, 6) is -0.114. The molecule has 1 fully saturated rings. The third kappa shape index (κ3) is 3.26. The Hall–Kier alpha value is -2.02. The standard InChI is InChI=1S/C18H22N2O4/c1-2-20(14-10-24-11-15(21)18(14)23)16(22)9-13-6-3-5-12-7-4-8-19-17(12)13/h3-8,14-15,18,21,23H,2,9-11H2,1H3/t14-,15-,18+/m1/s1. The molecule has 1 saturated heterocycles. The third-order valence-corrected chi connectivity index (χ3v) is 4.48. The zero-order chi connectivity index (χ0) is 17.1. The fourth-order valence-electron chi connectivity index (χ4n) is 3.21. The number of para-hydroxylation sites is 1. The summed E-state index contributed by atoms with van der Waals surface area (Å²) in [6.45, 7) is 2.62. The predicted octanol–water partition coefficient (Wildman–Crippen LogP) is 0.746. The summed E-state index contributed by atoms with van der Waals surface area (Å²) in [5.41, 5.74) is 1.66. The smallest absolute Gasteiger partial charge is 0.227 e. The van der Waals surface area contributed by atoms with Crippen molar-refractivity contribution in [2.24, 2.45) is 0 Å². The maximum absolute atomic E-state index is 12.8. The quantitative estimate of drug-likeness (QED) is 0.864. The topological polar surface area (TPSA) is 82.9 Å². The zero-order valence-electron chi connectivity index (χ0n) is 13.6. The van der Waals surface area contributed by atoms with Crippen molar-refractivity contribution in [2.45, 2.75) is 31.6 Å². The molecule has 3 atom stereocenters. The number of nitrogens with zero attached hydrogens (tertiary/aromatic N) is 2. The number of aliphatic hydroxyl groups is 2. The molecule has 1 aliphatic heterocycles. The van der Waals surface area contributed by atoms with Gasteiger partial charge in [0.05, 0.1) is 31.2 Å². The summed E-state index contributed by atoms with van der Waals surface area (Å²) in [4.78, 5) is 18.7. The number of benzene rings is 1. The zero-order valence-corrected chi connectivity index (χ0v) is 13.6. The number of rotatable bonds is 4. The van der Waals surface area contributed by atoms with Gasteiger partial charge in [0.15, 0.2) is 0 Å². The molecular weight excluding hydrogens is 308 g/mol. The summed E-state index contributed by atoms with van der Waals surface area (Å²) < 4.78 is 5.30. The monoisotopic (exact) mass is 330 g/mol. The number of aliphatic hydroxyl groups excluding tert-OH is 2. The molecule has 0 spiro atoms. The van der Waals surface area contributed by atoms with Crippen LogP contribution in [-0.2, 0) is 16.0 Å². The van der Waals surface area contributed by atoms with Crippen LogP contribution >= 0.6 is 0 Å². The second-order valence-electron chi connectivity index (χ2n) is 6.01. The number of pyridine rings is 1. The first-order valence-corrected chi connectivity index (χ1v) is 8.17. The molecule has 24 heavy (non-hydrogen) atoms. The predicted molar refractivity (Wildman–Crippen MR) is 89.5 cm³/mol. The Morgan fingerprint density at radius 2 is 2.08 bits per heavy atom. The average Bonchev–Trinajstić information content (AvgIpc) is 2.59. The van der Waals surface area contributed by atoms with Gasteiger partial charge in [-0.15, -0.1) is 0 Å². The molecule has 0 bridgehead atoms. The van der Waals surface area contributed by atoms with Crippen molar-refractivity contribution in [3.8, 4) is 0 Å². The first-order valence-electron chi connectivity index (χ1n) is 8.17. The number of likely N-dealkylation sites (N-methyl/N-ethyl adjacent to an activating group) is 1. The molecule has 2 N–H and O–H groups in total. The van der Waals surface area contributed by atoms with Crippen molar-refractivity contribution in [1.82, 2.24) is 9.88 Å². The highest BCUT2D eigenvalue weighted by atomic mass is 16.5. The molecule has 0 radical (unpaired) electrons. The summed E-state index contributed by atoms with van der Waals surface area (Å²) in [6.07, 6.45) is -0.0528. The SMILES string of the molecule is CCN(C(=O)Cc1cccc2cccnc12)[C@@H]1COC[C@@H](O)[C@H]1O. The number of carbonyl (C=O) groups is 1. The maximum atomic E-state index is 12.8. The van der Waals surface area contributed by atoms with Crippen molar-refractivity contribution in [2.75, 3.05) is 19.8 Å². The van der Waals surface area contributed by atoms with E-state index in [-0.39, 0.29) is 25.5 Å². The first-order chi connectivity index (χ1) is 11.6. The third-order valence-electron chi connectivity index (χ3n) is 4.48. The van der Waals surface area contributed by atoms with Gasteiger partial charge >= 0.3 is 0 Å². The molecule has 1 aromatic heterocycles. The van der Waals surface area contributed by atoms with E-state index in [1.807, 2.05) is 37.3 Å². The lowest BCUT2D eigenvalue weighted by atomic mass is 10.0. The minimum absolute atomic E-state index is 0.0939. The second kappa shape index (κ2) is 7.25. The lowest BCUT2D eigenvalue weighted by molar-refractivity contribution is -0.155. The van der Waals surface area contributed by atoms with Gasteiger partial charge in [0, 0.05) is 18.1 Å². The van der Waals surface area contributed by atoms with E-state index < -0.39 is 18.2 Å². The van der Waals surface area contributed by atoms with E-state index in [4.69, 9.17) is 4.74 Å². The van der Waals surface area contributed by atoms with Crippen LogP contribution in [0, 0.1) is 0 Å². The number of ether oxygens (including phenoxy) is 1. The van der Waals surface area contributed by atoms with E-state index >= 15 is 0 Å². The van der Waals surface area contributed by atoms with Crippen LogP contribution < -0.4 is 0 Å². The van der Waals surface area contributed by atoms with E-state index in [2.05, 4.69) is 4.98 Å². The van der Waals surface area contributed by atoms with Gasteiger partial charge in [-0.2, -0.15) is 0 Å². The normalized spacial score (nSPS) is 24.0. The fraction of sp³-hybridized carbons (Fsp3) is 0.444. The molecule has 0 aliphatic carbocycles. The van der Waals surface area contributed by atoms with Crippen molar-refractivity contribution in [3.63, 3.8) is 0 Å². The highest BCUT2D eigenvalue weighted by molar-refractivity contribution is 5.87. The van der Waals surface area contributed by atoms with E-state index in [9.17, 15) is 15.0 Å². The van der Waals surface area contributed by atoms with Gasteiger partial charge in [0.2, 0.25) is 5.91 Å². The number of aromatic nitrogens is 1. The van der Waals surface area contributed by atoms with Crippen LogP contribution in [0.15, 0.2) is 36.5 Å². The van der Waals surface area contributed by atoms with Gasteiger partial charge in [-0.3, -0.25) is 9.78 Å². The summed E-state index contributed by atoms with van der Waals surface area (Å²) in [5, 5.41) is 21.0. The van der Waals surface area contributed by atoms with E-state index in [1.54, 1.807) is 11.1 Å². The van der Waals surface area contributed by atoms with Crippen LogP contribution in [0.4, 0.5) is 0 Å². The fourth-order valence-corrected chi connectivity index (χ4v) is 3.21. The van der Waals surface area contributed by atoms with Gasteiger partial charge in [-0.05, 0) is 18.6 Å². The molecule has 2 heterocycles. The Labute approximate surface area is 140 Å². The van der Waals surface area contributed by atoms with Crippen molar-refractivity contribution < 1.29 is 19.7 Å². The van der Waals surface area contributed by atoms with E-state index in [0.29, 0.717) is 6.54 Å². The van der Waals surface area contributed by atoms with Crippen LogP contribution in [-0.4, -0.2) is 64.0 Å². The maximum Gasteiger partial charge on any atom is 0.227 e. The Bertz CT molecular complexity index is 716. The average molecular weight is 330 g/mol. The molecule has 1 aliphatic rings. The summed E-state index contributed by atoms with van der Waals surface area (Å²) >= 11 is 0. The molecule has 128 valence electrons. The lowest BCUT2D eigenvalue weighted by Crippen LogP contribution is -2.57. The molecule has 6 heteroatoms. The van der Waals surface area contributed by atoms with Gasteiger partial charge < -0.3 is 19.8 Å². The minimum Gasteiger partial charge on any atom is -0.388 e. The molecule has 1 aromatic carbocycles. The first kappa shape index (κ1) is 16.8. The van der Waals surface area contributed by atoms with Crippen LogP contribution in [0.3, 0.4) is 0 Å². The largest absolute Gasteiger partial charge is 0.388 e. The Morgan fingerprint density at radius 1 is 1.29 bits per heavy atom. The van der Waals surface area contributed by atoms with E-state index in [0.717, 1.165) is 16.5 Å². The van der Waals surface area contributed by atoms with Crippen molar-refractivity contribution >= 4 is 16.8 Å². The Balaban J connectivity index is 1.81. The van der Waals surface area contributed by atoms with Crippen molar-refractivity contribution in [3.05, 3.63) is 42.1 Å².